The summed E-state index contributed by atoms with van der Waals surface area (Å²) in [5.41, 5.74) is 5.02. The average molecular weight is 258 g/mol. The van der Waals surface area contributed by atoms with Crippen molar-refractivity contribution in [1.82, 2.24) is 5.32 Å². The maximum absolute atomic E-state index is 11.8. The Morgan fingerprint density at radius 2 is 2.22 bits per heavy atom. The minimum atomic E-state index is -0.885. The summed E-state index contributed by atoms with van der Waals surface area (Å²) in [6, 6.07) is 0. The Bertz CT molecular complexity index is 300. The van der Waals surface area contributed by atoms with Crippen molar-refractivity contribution in [1.29, 1.82) is 0 Å². The molecule has 2 unspecified atom stereocenters. The third-order valence-corrected chi connectivity index (χ3v) is 3.28. The van der Waals surface area contributed by atoms with Gasteiger partial charge in [0.05, 0.1) is 6.61 Å². The molecule has 6 nitrogen and oxygen atoms in total. The van der Waals surface area contributed by atoms with Crippen LogP contribution in [0.4, 0.5) is 0 Å². The summed E-state index contributed by atoms with van der Waals surface area (Å²) >= 11 is 0. The summed E-state index contributed by atoms with van der Waals surface area (Å²) in [4.78, 5) is 22.2. The predicted molar refractivity (Wildman–Crippen MR) is 66.0 cm³/mol. The summed E-state index contributed by atoms with van der Waals surface area (Å²) < 4.78 is 5.12. The van der Waals surface area contributed by atoms with Gasteiger partial charge in [-0.2, -0.15) is 0 Å². The van der Waals surface area contributed by atoms with Gasteiger partial charge in [0.15, 0.2) is 0 Å². The second-order valence-electron chi connectivity index (χ2n) is 5.04. The lowest BCUT2D eigenvalue weighted by molar-refractivity contribution is -0.137. The van der Waals surface area contributed by atoms with Gasteiger partial charge in [-0.15, -0.1) is 0 Å². The van der Waals surface area contributed by atoms with Gasteiger partial charge in [0.1, 0.15) is 5.54 Å². The van der Waals surface area contributed by atoms with E-state index in [9.17, 15) is 9.59 Å². The third kappa shape index (κ3) is 4.62. The quantitative estimate of drug-likeness (QED) is 0.601. The zero-order valence-corrected chi connectivity index (χ0v) is 10.8. The molecule has 0 aromatic heterocycles. The van der Waals surface area contributed by atoms with Crippen molar-refractivity contribution in [2.75, 3.05) is 19.8 Å². The Kier molecular flexibility index (Phi) is 5.55. The smallest absolute Gasteiger partial charge is 0.303 e. The fraction of sp³-hybridized carbons (Fsp3) is 0.833. The second-order valence-corrected chi connectivity index (χ2v) is 5.04. The normalized spacial score (nSPS) is 24.8. The summed E-state index contributed by atoms with van der Waals surface area (Å²) in [6.45, 7) is 3.30. The molecule has 1 heterocycles. The van der Waals surface area contributed by atoms with Gasteiger partial charge in [0, 0.05) is 19.6 Å². The molecule has 4 N–H and O–H groups in total. The number of carboxylic acids is 1. The third-order valence-electron chi connectivity index (χ3n) is 3.28. The largest absolute Gasteiger partial charge is 0.481 e. The number of nitrogens with two attached hydrogens (primary N) is 1. The molecule has 0 aromatic carbocycles. The predicted octanol–water partition coefficient (Wildman–Crippen LogP) is 0.111. The van der Waals surface area contributed by atoms with E-state index < -0.39 is 11.5 Å². The van der Waals surface area contributed by atoms with E-state index in [4.69, 9.17) is 15.6 Å². The molecule has 0 aliphatic carbocycles. The number of carbonyl (C=O) groups excluding carboxylic acids is 1. The first-order valence-electron chi connectivity index (χ1n) is 6.31. The number of ether oxygens (including phenoxy) is 1. The molecule has 104 valence electrons. The molecule has 2 atom stereocenters. The van der Waals surface area contributed by atoms with Crippen LogP contribution in [0.15, 0.2) is 0 Å². The van der Waals surface area contributed by atoms with Crippen LogP contribution in [0.1, 0.15) is 32.6 Å². The molecule has 1 saturated heterocycles. The Morgan fingerprint density at radius 1 is 1.50 bits per heavy atom. The molecular formula is C12H22N2O4. The van der Waals surface area contributed by atoms with E-state index in [2.05, 4.69) is 5.32 Å². The van der Waals surface area contributed by atoms with E-state index in [0.717, 1.165) is 6.42 Å². The number of carbonyl (C=O) groups is 2. The number of hydrogen-bond acceptors (Lipinski definition) is 4. The Hall–Kier alpha value is -1.14. The lowest BCUT2D eigenvalue weighted by Gasteiger charge is -2.21. The summed E-state index contributed by atoms with van der Waals surface area (Å²) in [7, 11) is 0. The highest BCUT2D eigenvalue weighted by atomic mass is 16.5. The first kappa shape index (κ1) is 14.9. The molecule has 1 fully saturated rings. The van der Waals surface area contributed by atoms with Crippen LogP contribution in [0.2, 0.25) is 0 Å². The standard InChI is InChI=1S/C12H22N2O4/c1-9(2-3-10(15)16)4-6-14-11(17)12(13)5-7-18-8-12/h9H,2-8,13H2,1H3,(H,14,17)(H,15,16). The highest BCUT2D eigenvalue weighted by Crippen LogP contribution is 2.15. The van der Waals surface area contributed by atoms with E-state index in [1.165, 1.54) is 0 Å². The minimum Gasteiger partial charge on any atom is -0.481 e. The monoisotopic (exact) mass is 258 g/mol. The number of carboxylic acid groups (broad SMARTS) is 1. The van der Waals surface area contributed by atoms with E-state index in [0.29, 0.717) is 26.0 Å². The topological polar surface area (TPSA) is 102 Å². The van der Waals surface area contributed by atoms with Crippen molar-refractivity contribution < 1.29 is 19.4 Å². The molecule has 0 saturated carbocycles. The van der Waals surface area contributed by atoms with Crippen molar-refractivity contribution in [2.24, 2.45) is 11.7 Å². The first-order valence-corrected chi connectivity index (χ1v) is 6.31. The molecule has 1 amide bonds. The number of nitrogens with one attached hydrogen (secondary N) is 1. The van der Waals surface area contributed by atoms with E-state index in [1.54, 1.807) is 0 Å². The van der Waals surface area contributed by atoms with Gasteiger partial charge < -0.3 is 20.9 Å². The summed E-state index contributed by atoms with van der Waals surface area (Å²) in [5, 5.41) is 11.3. The highest BCUT2D eigenvalue weighted by Gasteiger charge is 2.37. The van der Waals surface area contributed by atoms with Crippen LogP contribution in [0.25, 0.3) is 0 Å². The second kappa shape index (κ2) is 6.70. The van der Waals surface area contributed by atoms with Crippen LogP contribution in [-0.2, 0) is 14.3 Å². The average Bonchev–Trinajstić information content (AvgIpc) is 2.74. The number of amides is 1. The molecule has 0 radical (unpaired) electrons. The Balaban J connectivity index is 2.17. The number of rotatable bonds is 7. The van der Waals surface area contributed by atoms with E-state index in [-0.39, 0.29) is 24.9 Å². The first-order chi connectivity index (χ1) is 8.44. The van der Waals surface area contributed by atoms with Crippen LogP contribution in [0.3, 0.4) is 0 Å². The Morgan fingerprint density at radius 3 is 2.78 bits per heavy atom. The zero-order valence-electron chi connectivity index (χ0n) is 10.8. The van der Waals surface area contributed by atoms with Gasteiger partial charge in [-0.25, -0.2) is 0 Å². The van der Waals surface area contributed by atoms with Crippen molar-refractivity contribution in [3.8, 4) is 0 Å². The molecule has 1 rings (SSSR count). The Labute approximate surface area is 107 Å². The van der Waals surface area contributed by atoms with Crippen LogP contribution in [0, 0.1) is 5.92 Å². The van der Waals surface area contributed by atoms with Gasteiger partial charge >= 0.3 is 5.97 Å². The van der Waals surface area contributed by atoms with Gasteiger partial charge in [-0.05, 0) is 25.2 Å². The number of hydrogen-bond donors (Lipinski definition) is 3. The lowest BCUT2D eigenvalue weighted by Crippen LogP contribution is -2.54. The molecule has 1 aliphatic heterocycles. The van der Waals surface area contributed by atoms with Crippen LogP contribution >= 0.6 is 0 Å². The van der Waals surface area contributed by atoms with Gasteiger partial charge in [0.25, 0.3) is 0 Å². The highest BCUT2D eigenvalue weighted by molar-refractivity contribution is 5.86. The minimum absolute atomic E-state index is 0.170. The zero-order chi connectivity index (χ0) is 13.6. The van der Waals surface area contributed by atoms with Crippen molar-refractivity contribution in [3.05, 3.63) is 0 Å². The fourth-order valence-electron chi connectivity index (χ4n) is 1.88. The van der Waals surface area contributed by atoms with Crippen molar-refractivity contribution in [3.63, 3.8) is 0 Å². The molecule has 1 aliphatic rings. The molecule has 6 heteroatoms. The van der Waals surface area contributed by atoms with Gasteiger partial charge in [0.2, 0.25) is 5.91 Å². The molecule has 0 aromatic rings. The lowest BCUT2D eigenvalue weighted by atomic mass is 9.98. The molecule has 0 spiro atoms. The maximum Gasteiger partial charge on any atom is 0.303 e. The SMILES string of the molecule is CC(CCNC(=O)C1(N)CCOC1)CCC(=O)O. The summed E-state index contributed by atoms with van der Waals surface area (Å²) in [5.74, 6) is -0.685. The number of aliphatic carboxylic acids is 1. The summed E-state index contributed by atoms with van der Waals surface area (Å²) in [6.07, 6.45) is 2.11. The molecule has 18 heavy (non-hydrogen) atoms. The van der Waals surface area contributed by atoms with Crippen molar-refractivity contribution in [2.45, 2.75) is 38.1 Å². The van der Waals surface area contributed by atoms with Gasteiger partial charge in [-0.3, -0.25) is 9.59 Å². The van der Waals surface area contributed by atoms with Crippen LogP contribution in [0.5, 0.6) is 0 Å². The van der Waals surface area contributed by atoms with Gasteiger partial charge in [-0.1, -0.05) is 6.92 Å². The van der Waals surface area contributed by atoms with Crippen LogP contribution < -0.4 is 11.1 Å². The van der Waals surface area contributed by atoms with Crippen LogP contribution in [-0.4, -0.2) is 42.3 Å². The fourth-order valence-corrected chi connectivity index (χ4v) is 1.88. The van der Waals surface area contributed by atoms with E-state index in [1.807, 2.05) is 6.92 Å². The van der Waals surface area contributed by atoms with E-state index >= 15 is 0 Å². The maximum atomic E-state index is 11.8. The molecular weight excluding hydrogens is 236 g/mol. The molecule has 0 bridgehead atoms. The van der Waals surface area contributed by atoms with Crippen molar-refractivity contribution >= 4 is 11.9 Å².